The van der Waals surface area contributed by atoms with Gasteiger partial charge in [-0.1, -0.05) is 43.9 Å². The number of hydrogen-bond acceptors (Lipinski definition) is 4. The number of aromatic nitrogens is 3. The predicted molar refractivity (Wildman–Crippen MR) is 125 cm³/mol. The number of H-pyrrole nitrogens is 1. The molecule has 1 aromatic carbocycles. The van der Waals surface area contributed by atoms with E-state index >= 15 is 0 Å². The first kappa shape index (κ1) is 21.3. The Kier molecular flexibility index (Phi) is 6.54. The number of rotatable bonds is 8. The van der Waals surface area contributed by atoms with Crippen LogP contribution in [0.4, 0.5) is 5.82 Å². The van der Waals surface area contributed by atoms with Crippen molar-refractivity contribution in [3.8, 4) is 0 Å². The topological polar surface area (TPSA) is 73.9 Å². The second-order valence-corrected chi connectivity index (χ2v) is 8.97. The van der Waals surface area contributed by atoms with Crippen molar-refractivity contribution >= 4 is 22.6 Å². The van der Waals surface area contributed by atoms with Crippen molar-refractivity contribution in [3.63, 3.8) is 0 Å². The highest BCUT2D eigenvalue weighted by atomic mass is 16.1. The fraction of sp³-hybridized carbons (Fsp3) is 0.480. The molecule has 6 nitrogen and oxygen atoms in total. The molecule has 4 rings (SSSR count). The van der Waals surface area contributed by atoms with Gasteiger partial charge in [-0.3, -0.25) is 4.79 Å². The quantitative estimate of drug-likeness (QED) is 0.555. The lowest BCUT2D eigenvalue weighted by Crippen LogP contribution is -2.31. The summed E-state index contributed by atoms with van der Waals surface area (Å²) in [6.07, 6.45) is 9.45. The predicted octanol–water partition coefficient (Wildman–Crippen LogP) is 4.70. The van der Waals surface area contributed by atoms with Crippen LogP contribution in [-0.2, 0) is 11.2 Å². The Morgan fingerprint density at radius 3 is 2.77 bits per heavy atom. The SMILES string of the molecule is Cc1nc([C@H](Cc2c[nH]c3ccccc23)NC(=O)CCC2CCCC2)cc(N(C)C)n1. The van der Waals surface area contributed by atoms with Crippen molar-refractivity contribution in [2.75, 3.05) is 19.0 Å². The number of anilines is 1. The number of hydrogen-bond donors (Lipinski definition) is 2. The standard InChI is InChI=1S/C25H33N5O/c1-17-27-23(15-24(28-17)30(2)3)22(29-25(31)13-12-18-8-4-5-9-18)14-19-16-26-21-11-7-6-10-20(19)21/h6-7,10-11,15-16,18,22,26H,4-5,8-9,12-14H2,1-3H3,(H,29,31)/t22-/m0/s1. The minimum Gasteiger partial charge on any atom is -0.363 e. The first-order chi connectivity index (χ1) is 15.0. The van der Waals surface area contributed by atoms with Gasteiger partial charge in [-0.2, -0.15) is 0 Å². The Bertz CT molecular complexity index is 1040. The van der Waals surface area contributed by atoms with Crippen LogP contribution < -0.4 is 10.2 Å². The summed E-state index contributed by atoms with van der Waals surface area (Å²) in [5, 5.41) is 4.48. The molecule has 2 heterocycles. The smallest absolute Gasteiger partial charge is 0.220 e. The monoisotopic (exact) mass is 419 g/mol. The Morgan fingerprint density at radius 2 is 2.00 bits per heavy atom. The summed E-state index contributed by atoms with van der Waals surface area (Å²) in [4.78, 5) is 27.5. The molecule has 1 atom stereocenters. The Balaban J connectivity index is 1.57. The summed E-state index contributed by atoms with van der Waals surface area (Å²) in [5.41, 5.74) is 3.15. The van der Waals surface area contributed by atoms with Gasteiger partial charge in [0, 0.05) is 50.1 Å². The van der Waals surface area contributed by atoms with E-state index in [0.29, 0.717) is 24.6 Å². The Morgan fingerprint density at radius 1 is 1.23 bits per heavy atom. The largest absolute Gasteiger partial charge is 0.363 e. The van der Waals surface area contributed by atoms with Gasteiger partial charge in [-0.05, 0) is 30.9 Å². The lowest BCUT2D eigenvalue weighted by atomic mass is 9.99. The molecule has 1 fully saturated rings. The molecule has 6 heteroatoms. The zero-order valence-electron chi connectivity index (χ0n) is 18.8. The van der Waals surface area contributed by atoms with E-state index < -0.39 is 0 Å². The molecule has 164 valence electrons. The summed E-state index contributed by atoms with van der Waals surface area (Å²) < 4.78 is 0. The molecule has 1 aliphatic carbocycles. The van der Waals surface area contributed by atoms with Crippen molar-refractivity contribution < 1.29 is 4.79 Å². The highest BCUT2D eigenvalue weighted by Crippen LogP contribution is 2.29. The zero-order valence-corrected chi connectivity index (χ0v) is 18.8. The van der Waals surface area contributed by atoms with E-state index in [-0.39, 0.29) is 11.9 Å². The number of amides is 1. The average Bonchev–Trinajstić information content (AvgIpc) is 3.41. The zero-order chi connectivity index (χ0) is 21.8. The fourth-order valence-electron chi connectivity index (χ4n) is 4.63. The van der Waals surface area contributed by atoms with Crippen LogP contribution in [0.3, 0.4) is 0 Å². The molecule has 0 unspecified atom stereocenters. The van der Waals surface area contributed by atoms with Gasteiger partial charge in [0.05, 0.1) is 11.7 Å². The number of para-hydroxylation sites is 1. The molecule has 0 bridgehead atoms. The van der Waals surface area contributed by atoms with Gasteiger partial charge in [0.15, 0.2) is 0 Å². The van der Waals surface area contributed by atoms with Crippen molar-refractivity contribution in [3.05, 3.63) is 53.6 Å². The number of fused-ring (bicyclic) bond motifs is 1. The van der Waals surface area contributed by atoms with E-state index in [1.165, 1.54) is 36.6 Å². The molecule has 0 spiro atoms. The van der Waals surface area contributed by atoms with Crippen molar-refractivity contribution in [2.45, 2.75) is 57.9 Å². The molecule has 0 aliphatic heterocycles. The molecule has 2 N–H and O–H groups in total. The highest BCUT2D eigenvalue weighted by Gasteiger charge is 2.22. The van der Waals surface area contributed by atoms with E-state index in [1.54, 1.807) is 0 Å². The number of carbonyl (C=O) groups excluding carboxylic acids is 1. The first-order valence-electron chi connectivity index (χ1n) is 11.4. The van der Waals surface area contributed by atoms with Crippen LogP contribution in [0.25, 0.3) is 10.9 Å². The Labute approximate surface area is 184 Å². The van der Waals surface area contributed by atoms with Crippen molar-refractivity contribution in [1.29, 1.82) is 0 Å². The van der Waals surface area contributed by atoms with Crippen molar-refractivity contribution in [1.82, 2.24) is 20.3 Å². The van der Waals surface area contributed by atoms with Crippen LogP contribution >= 0.6 is 0 Å². The summed E-state index contributed by atoms with van der Waals surface area (Å²) in [5.74, 6) is 2.39. The normalized spacial score (nSPS) is 15.3. The molecule has 3 aromatic rings. The minimum absolute atomic E-state index is 0.111. The number of carbonyl (C=O) groups is 1. The molecule has 0 radical (unpaired) electrons. The molecule has 1 saturated carbocycles. The van der Waals surface area contributed by atoms with E-state index in [2.05, 4.69) is 27.4 Å². The second-order valence-electron chi connectivity index (χ2n) is 8.97. The molecule has 1 aliphatic rings. The van der Waals surface area contributed by atoms with Gasteiger partial charge < -0.3 is 15.2 Å². The van der Waals surface area contributed by atoms with E-state index in [4.69, 9.17) is 4.98 Å². The summed E-state index contributed by atoms with van der Waals surface area (Å²) in [6, 6.07) is 10.1. The van der Waals surface area contributed by atoms with Crippen LogP contribution in [0.5, 0.6) is 0 Å². The van der Waals surface area contributed by atoms with E-state index in [9.17, 15) is 4.79 Å². The lowest BCUT2D eigenvalue weighted by molar-refractivity contribution is -0.122. The third-order valence-electron chi connectivity index (χ3n) is 6.35. The molecular formula is C25H33N5O. The van der Waals surface area contributed by atoms with Gasteiger partial charge in [-0.15, -0.1) is 0 Å². The number of aromatic amines is 1. The number of aryl methyl sites for hydroxylation is 1. The van der Waals surface area contributed by atoms with Gasteiger partial charge in [0.1, 0.15) is 11.6 Å². The van der Waals surface area contributed by atoms with E-state index in [1.807, 2.05) is 50.3 Å². The maximum atomic E-state index is 12.9. The molecule has 31 heavy (non-hydrogen) atoms. The van der Waals surface area contributed by atoms with Crippen molar-refractivity contribution in [2.24, 2.45) is 5.92 Å². The molecule has 2 aromatic heterocycles. The molecular weight excluding hydrogens is 386 g/mol. The minimum atomic E-state index is -0.198. The highest BCUT2D eigenvalue weighted by molar-refractivity contribution is 5.83. The molecule has 0 saturated heterocycles. The van der Waals surface area contributed by atoms with Gasteiger partial charge in [-0.25, -0.2) is 9.97 Å². The first-order valence-corrected chi connectivity index (χ1v) is 11.4. The van der Waals surface area contributed by atoms with Crippen LogP contribution in [0, 0.1) is 12.8 Å². The van der Waals surface area contributed by atoms with Crippen LogP contribution in [0.1, 0.15) is 61.6 Å². The van der Waals surface area contributed by atoms with Gasteiger partial charge in [0.2, 0.25) is 5.91 Å². The number of nitrogens with zero attached hydrogens (tertiary/aromatic N) is 3. The third kappa shape index (κ3) is 5.24. The summed E-state index contributed by atoms with van der Waals surface area (Å²) in [6.45, 7) is 1.90. The Hall–Kier alpha value is -2.89. The van der Waals surface area contributed by atoms with Gasteiger partial charge in [0.25, 0.3) is 0 Å². The van der Waals surface area contributed by atoms with Crippen LogP contribution in [-0.4, -0.2) is 35.0 Å². The number of nitrogens with one attached hydrogen (secondary N) is 2. The maximum absolute atomic E-state index is 12.9. The van der Waals surface area contributed by atoms with E-state index in [0.717, 1.165) is 23.4 Å². The van der Waals surface area contributed by atoms with Gasteiger partial charge >= 0.3 is 0 Å². The second kappa shape index (κ2) is 9.50. The van der Waals surface area contributed by atoms with Crippen LogP contribution in [0.2, 0.25) is 0 Å². The third-order valence-corrected chi connectivity index (χ3v) is 6.35. The summed E-state index contributed by atoms with van der Waals surface area (Å²) in [7, 11) is 3.95. The number of benzene rings is 1. The average molecular weight is 420 g/mol. The summed E-state index contributed by atoms with van der Waals surface area (Å²) >= 11 is 0. The lowest BCUT2D eigenvalue weighted by Gasteiger charge is -2.21. The molecule has 1 amide bonds. The fourth-order valence-corrected chi connectivity index (χ4v) is 4.63. The maximum Gasteiger partial charge on any atom is 0.220 e. The van der Waals surface area contributed by atoms with Crippen LogP contribution in [0.15, 0.2) is 36.5 Å².